The Bertz CT molecular complexity index is 447. The van der Waals surface area contributed by atoms with Crippen molar-refractivity contribution in [2.24, 2.45) is 11.7 Å². The zero-order valence-corrected chi connectivity index (χ0v) is 12.7. The molecule has 5 heteroatoms. The number of halogens is 1. The lowest BCUT2D eigenvalue weighted by atomic mass is 10.00. The lowest BCUT2D eigenvalue weighted by Gasteiger charge is -2.22. The lowest BCUT2D eigenvalue weighted by Crippen LogP contribution is -2.27. The third-order valence-electron chi connectivity index (χ3n) is 3.32. The minimum absolute atomic E-state index is 0.343. The van der Waals surface area contributed by atoms with Gasteiger partial charge < -0.3 is 15.8 Å². The van der Waals surface area contributed by atoms with E-state index in [4.69, 9.17) is 22.7 Å². The molecule has 18 heavy (non-hydrogen) atoms. The average Bonchev–Trinajstić information content (AvgIpc) is 2.81. The summed E-state index contributed by atoms with van der Waals surface area (Å²) in [6, 6.07) is 6.27. The third kappa shape index (κ3) is 3.02. The number of benzene rings is 1. The van der Waals surface area contributed by atoms with Gasteiger partial charge >= 0.3 is 0 Å². The molecule has 1 heterocycles. The standard InChI is InChI=1S/C13H17BrN2OS/c1-8(9-5-6-17-7-9)16-11-4-2-3-10(14)12(11)13(15)18/h2-4,8-9,16H,5-7H2,1H3,(H2,15,18). The van der Waals surface area contributed by atoms with Crippen LogP contribution in [0.25, 0.3) is 0 Å². The first-order valence-corrected chi connectivity index (χ1v) is 7.22. The second kappa shape index (κ2) is 5.99. The molecule has 1 aliphatic heterocycles. The maximum atomic E-state index is 5.78. The molecular weight excluding hydrogens is 312 g/mol. The summed E-state index contributed by atoms with van der Waals surface area (Å²) in [6.07, 6.45) is 1.10. The number of hydrogen-bond donors (Lipinski definition) is 2. The quantitative estimate of drug-likeness (QED) is 0.834. The van der Waals surface area contributed by atoms with Gasteiger partial charge in [-0.2, -0.15) is 0 Å². The number of ether oxygens (including phenoxy) is 1. The summed E-state index contributed by atoms with van der Waals surface area (Å²) in [5.41, 5.74) is 7.64. The van der Waals surface area contributed by atoms with Crippen molar-refractivity contribution in [3.8, 4) is 0 Å². The van der Waals surface area contributed by atoms with Gasteiger partial charge in [-0.3, -0.25) is 0 Å². The summed E-state index contributed by atoms with van der Waals surface area (Å²) in [5, 5.41) is 3.50. The van der Waals surface area contributed by atoms with Crippen LogP contribution < -0.4 is 11.1 Å². The van der Waals surface area contributed by atoms with Gasteiger partial charge in [0, 0.05) is 34.3 Å². The lowest BCUT2D eigenvalue weighted by molar-refractivity contribution is 0.183. The summed E-state index contributed by atoms with van der Waals surface area (Å²) in [4.78, 5) is 0.403. The van der Waals surface area contributed by atoms with E-state index in [0.29, 0.717) is 16.9 Å². The molecule has 3 N–H and O–H groups in total. The van der Waals surface area contributed by atoms with Crippen molar-refractivity contribution in [2.75, 3.05) is 18.5 Å². The molecule has 2 rings (SSSR count). The van der Waals surface area contributed by atoms with Crippen molar-refractivity contribution < 1.29 is 4.74 Å². The number of nitrogens with two attached hydrogens (primary N) is 1. The van der Waals surface area contributed by atoms with Crippen LogP contribution in [0.5, 0.6) is 0 Å². The van der Waals surface area contributed by atoms with E-state index in [0.717, 1.165) is 35.4 Å². The van der Waals surface area contributed by atoms with Crippen molar-refractivity contribution in [1.82, 2.24) is 0 Å². The van der Waals surface area contributed by atoms with Crippen LogP contribution in [0.2, 0.25) is 0 Å². The summed E-state index contributed by atoms with van der Waals surface area (Å²) < 4.78 is 6.34. The molecule has 1 aromatic rings. The number of rotatable bonds is 4. The van der Waals surface area contributed by atoms with E-state index in [1.807, 2.05) is 18.2 Å². The molecule has 0 bridgehead atoms. The molecule has 1 fully saturated rings. The van der Waals surface area contributed by atoms with Crippen LogP contribution >= 0.6 is 28.1 Å². The minimum Gasteiger partial charge on any atom is -0.389 e. The number of anilines is 1. The van der Waals surface area contributed by atoms with E-state index >= 15 is 0 Å². The maximum absolute atomic E-state index is 5.78. The molecule has 0 radical (unpaired) electrons. The Morgan fingerprint density at radius 3 is 3.00 bits per heavy atom. The predicted octanol–water partition coefficient (Wildman–Crippen LogP) is 2.92. The second-order valence-corrected chi connectivity index (χ2v) is 5.88. The molecule has 1 aromatic carbocycles. The first kappa shape index (κ1) is 13.8. The molecule has 0 aliphatic carbocycles. The van der Waals surface area contributed by atoms with Crippen molar-refractivity contribution in [3.05, 3.63) is 28.2 Å². The van der Waals surface area contributed by atoms with E-state index in [9.17, 15) is 0 Å². The molecule has 2 atom stereocenters. The second-order valence-electron chi connectivity index (χ2n) is 4.58. The highest BCUT2D eigenvalue weighted by atomic mass is 79.9. The van der Waals surface area contributed by atoms with Gasteiger partial charge in [0.25, 0.3) is 0 Å². The van der Waals surface area contributed by atoms with Gasteiger partial charge in [0.15, 0.2) is 0 Å². The van der Waals surface area contributed by atoms with E-state index in [-0.39, 0.29) is 0 Å². The van der Waals surface area contributed by atoms with Crippen LogP contribution in [0.1, 0.15) is 18.9 Å². The van der Waals surface area contributed by atoms with Crippen molar-refractivity contribution in [2.45, 2.75) is 19.4 Å². The largest absolute Gasteiger partial charge is 0.389 e. The van der Waals surface area contributed by atoms with Crippen LogP contribution in [0, 0.1) is 5.92 Å². The predicted molar refractivity (Wildman–Crippen MR) is 82.0 cm³/mol. The molecule has 0 spiro atoms. The van der Waals surface area contributed by atoms with Gasteiger partial charge in [0.05, 0.1) is 6.61 Å². The smallest absolute Gasteiger partial charge is 0.107 e. The van der Waals surface area contributed by atoms with Crippen molar-refractivity contribution in [1.29, 1.82) is 0 Å². The topological polar surface area (TPSA) is 47.3 Å². The van der Waals surface area contributed by atoms with E-state index in [2.05, 4.69) is 28.2 Å². The van der Waals surface area contributed by atoms with Crippen LogP contribution in [-0.2, 0) is 4.74 Å². The van der Waals surface area contributed by atoms with Gasteiger partial charge in [-0.1, -0.05) is 18.3 Å². The zero-order chi connectivity index (χ0) is 13.1. The summed E-state index contributed by atoms with van der Waals surface area (Å²) in [7, 11) is 0. The highest BCUT2D eigenvalue weighted by Gasteiger charge is 2.23. The van der Waals surface area contributed by atoms with Crippen LogP contribution in [0.15, 0.2) is 22.7 Å². The molecular formula is C13H17BrN2OS. The van der Waals surface area contributed by atoms with Crippen molar-refractivity contribution >= 4 is 38.8 Å². The minimum atomic E-state index is 0.343. The van der Waals surface area contributed by atoms with Gasteiger partial charge in [-0.25, -0.2) is 0 Å². The molecule has 1 aliphatic rings. The number of nitrogens with one attached hydrogen (secondary N) is 1. The monoisotopic (exact) mass is 328 g/mol. The van der Waals surface area contributed by atoms with E-state index < -0.39 is 0 Å². The highest BCUT2D eigenvalue weighted by Crippen LogP contribution is 2.27. The van der Waals surface area contributed by atoms with Gasteiger partial charge in [0.2, 0.25) is 0 Å². The first-order chi connectivity index (χ1) is 8.59. The molecule has 0 aromatic heterocycles. The number of hydrogen-bond acceptors (Lipinski definition) is 3. The fourth-order valence-electron chi connectivity index (χ4n) is 2.21. The van der Waals surface area contributed by atoms with Gasteiger partial charge in [0.1, 0.15) is 4.99 Å². The Kier molecular flexibility index (Phi) is 4.59. The molecule has 0 saturated carbocycles. The Hall–Kier alpha value is -0.650. The molecule has 2 unspecified atom stereocenters. The zero-order valence-electron chi connectivity index (χ0n) is 10.3. The molecule has 98 valence electrons. The Morgan fingerprint density at radius 2 is 2.39 bits per heavy atom. The summed E-state index contributed by atoms with van der Waals surface area (Å²) in [6.45, 7) is 3.85. The fraction of sp³-hybridized carbons (Fsp3) is 0.462. The highest BCUT2D eigenvalue weighted by molar-refractivity contribution is 9.10. The van der Waals surface area contributed by atoms with Crippen LogP contribution in [-0.4, -0.2) is 24.2 Å². The van der Waals surface area contributed by atoms with Gasteiger partial charge in [-0.05, 0) is 41.4 Å². The molecule has 3 nitrogen and oxygen atoms in total. The normalized spacial score (nSPS) is 20.7. The fourth-order valence-corrected chi connectivity index (χ4v) is 3.14. The Morgan fingerprint density at radius 1 is 1.61 bits per heavy atom. The number of thiocarbonyl (C=S) groups is 1. The van der Waals surface area contributed by atoms with Crippen molar-refractivity contribution in [3.63, 3.8) is 0 Å². The average molecular weight is 329 g/mol. The summed E-state index contributed by atoms with van der Waals surface area (Å²) >= 11 is 8.60. The molecule has 0 amide bonds. The summed E-state index contributed by atoms with van der Waals surface area (Å²) in [5.74, 6) is 0.545. The first-order valence-electron chi connectivity index (χ1n) is 6.02. The van der Waals surface area contributed by atoms with Gasteiger partial charge in [-0.15, -0.1) is 0 Å². The SMILES string of the molecule is CC(Nc1cccc(Br)c1C(N)=S)C1CCOC1. The third-order valence-corrected chi connectivity index (χ3v) is 4.18. The van der Waals surface area contributed by atoms with E-state index in [1.165, 1.54) is 0 Å². The Labute approximate surface area is 121 Å². The van der Waals surface area contributed by atoms with Crippen LogP contribution in [0.3, 0.4) is 0 Å². The maximum Gasteiger partial charge on any atom is 0.107 e. The van der Waals surface area contributed by atoms with Crippen LogP contribution in [0.4, 0.5) is 5.69 Å². The molecule has 1 saturated heterocycles. The van der Waals surface area contributed by atoms with E-state index in [1.54, 1.807) is 0 Å². The Balaban J connectivity index is 2.17.